The first-order chi connectivity index (χ1) is 7.00. The number of carbonyl (C=O) groups is 2. The molecule has 0 atom stereocenters. The minimum absolute atomic E-state index is 0.0130. The molecule has 0 saturated carbocycles. The summed E-state index contributed by atoms with van der Waals surface area (Å²) in [6, 6.07) is 3.99. The highest BCUT2D eigenvalue weighted by Gasteiger charge is 2.07. The molecule has 1 aromatic carbocycles. The van der Waals surface area contributed by atoms with Crippen molar-refractivity contribution in [2.45, 2.75) is 13.5 Å². The van der Waals surface area contributed by atoms with E-state index in [4.69, 9.17) is 5.11 Å². The Morgan fingerprint density at radius 3 is 2.53 bits per heavy atom. The van der Waals surface area contributed by atoms with Crippen LogP contribution in [0.25, 0.3) is 0 Å². The molecule has 0 aliphatic rings. The Labute approximate surface area is 86.4 Å². The Kier molecular flexibility index (Phi) is 3.28. The number of rotatable bonds is 3. The number of aromatic carboxylic acids is 1. The minimum atomic E-state index is -1.10. The predicted molar refractivity (Wildman–Crippen MR) is 52.6 cm³/mol. The zero-order chi connectivity index (χ0) is 11.4. The van der Waals surface area contributed by atoms with E-state index in [1.165, 1.54) is 19.1 Å². The van der Waals surface area contributed by atoms with Gasteiger partial charge in [0, 0.05) is 19.0 Å². The van der Waals surface area contributed by atoms with Crippen LogP contribution >= 0.6 is 0 Å². The Hall–Kier alpha value is -2.04. The number of carboxylic acid groups (broad SMARTS) is 1. The second kappa shape index (κ2) is 4.45. The van der Waals surface area contributed by atoms with Crippen molar-refractivity contribution < 1.29 is 19.8 Å². The molecule has 1 aromatic rings. The van der Waals surface area contributed by atoms with Gasteiger partial charge < -0.3 is 15.5 Å². The van der Waals surface area contributed by atoms with E-state index < -0.39 is 5.97 Å². The monoisotopic (exact) mass is 209 g/mol. The third kappa shape index (κ3) is 2.98. The van der Waals surface area contributed by atoms with Crippen molar-refractivity contribution in [2.24, 2.45) is 0 Å². The number of amides is 1. The van der Waals surface area contributed by atoms with Crippen LogP contribution in [0.5, 0.6) is 5.75 Å². The fourth-order valence-electron chi connectivity index (χ4n) is 1.07. The van der Waals surface area contributed by atoms with Crippen LogP contribution in [0.4, 0.5) is 0 Å². The number of carbonyl (C=O) groups excluding carboxylic acids is 1. The maximum Gasteiger partial charge on any atom is 0.335 e. The summed E-state index contributed by atoms with van der Waals surface area (Å²) in [7, 11) is 0. The number of phenols is 1. The van der Waals surface area contributed by atoms with Crippen LogP contribution in [-0.2, 0) is 11.3 Å². The van der Waals surface area contributed by atoms with Gasteiger partial charge in [-0.15, -0.1) is 0 Å². The highest BCUT2D eigenvalue weighted by atomic mass is 16.4. The van der Waals surface area contributed by atoms with Gasteiger partial charge in [-0.05, 0) is 12.1 Å². The molecular weight excluding hydrogens is 198 g/mol. The lowest BCUT2D eigenvalue weighted by atomic mass is 10.1. The molecule has 15 heavy (non-hydrogen) atoms. The molecule has 0 saturated heterocycles. The van der Waals surface area contributed by atoms with Crippen LogP contribution < -0.4 is 5.32 Å². The maximum absolute atomic E-state index is 10.6. The van der Waals surface area contributed by atoms with Crippen LogP contribution in [0, 0.1) is 0 Å². The van der Waals surface area contributed by atoms with E-state index >= 15 is 0 Å². The highest BCUT2D eigenvalue weighted by Crippen LogP contribution is 2.18. The zero-order valence-electron chi connectivity index (χ0n) is 8.15. The molecular formula is C10H11NO4. The van der Waals surface area contributed by atoms with Gasteiger partial charge in [0.15, 0.2) is 0 Å². The number of hydrogen-bond acceptors (Lipinski definition) is 3. The maximum atomic E-state index is 10.6. The summed E-state index contributed by atoms with van der Waals surface area (Å²) in [5.41, 5.74) is 0.495. The molecule has 5 nitrogen and oxygen atoms in total. The van der Waals surface area contributed by atoms with E-state index in [-0.39, 0.29) is 23.8 Å². The van der Waals surface area contributed by atoms with Crippen LogP contribution in [0.1, 0.15) is 22.8 Å². The molecule has 1 rings (SSSR count). The highest BCUT2D eigenvalue weighted by molar-refractivity contribution is 5.88. The molecule has 0 fully saturated rings. The third-order valence-electron chi connectivity index (χ3n) is 1.86. The fourth-order valence-corrected chi connectivity index (χ4v) is 1.07. The average Bonchev–Trinajstić information content (AvgIpc) is 2.15. The van der Waals surface area contributed by atoms with Gasteiger partial charge in [0.05, 0.1) is 5.56 Å². The Balaban J connectivity index is 2.83. The van der Waals surface area contributed by atoms with E-state index in [0.29, 0.717) is 5.56 Å². The van der Waals surface area contributed by atoms with E-state index in [9.17, 15) is 14.7 Å². The quantitative estimate of drug-likeness (QED) is 0.684. The van der Waals surface area contributed by atoms with Gasteiger partial charge in [-0.25, -0.2) is 4.79 Å². The minimum Gasteiger partial charge on any atom is -0.508 e. The lowest BCUT2D eigenvalue weighted by Gasteiger charge is -2.05. The van der Waals surface area contributed by atoms with Gasteiger partial charge in [0.1, 0.15) is 5.75 Å². The van der Waals surface area contributed by atoms with Crippen LogP contribution in [0.2, 0.25) is 0 Å². The van der Waals surface area contributed by atoms with Crippen LogP contribution in [0.3, 0.4) is 0 Å². The van der Waals surface area contributed by atoms with Gasteiger partial charge in [-0.3, -0.25) is 4.79 Å². The Morgan fingerprint density at radius 1 is 1.40 bits per heavy atom. The van der Waals surface area contributed by atoms with Gasteiger partial charge in [0.25, 0.3) is 0 Å². The molecule has 0 aliphatic heterocycles. The number of aromatic hydroxyl groups is 1. The van der Waals surface area contributed by atoms with Gasteiger partial charge in [0.2, 0.25) is 5.91 Å². The lowest BCUT2D eigenvalue weighted by Crippen LogP contribution is -2.19. The molecule has 3 N–H and O–H groups in total. The number of hydrogen-bond donors (Lipinski definition) is 3. The second-order valence-corrected chi connectivity index (χ2v) is 3.06. The standard InChI is InChI=1S/C10H11NO4/c1-6(12)11-5-8-3-2-7(10(14)15)4-9(8)13/h2-4,13H,5H2,1H3,(H,11,12)(H,14,15). The number of benzene rings is 1. The van der Waals surface area contributed by atoms with Crippen molar-refractivity contribution >= 4 is 11.9 Å². The summed E-state index contributed by atoms with van der Waals surface area (Å²) in [6.07, 6.45) is 0. The molecule has 0 spiro atoms. The normalized spacial score (nSPS) is 9.67. The van der Waals surface area contributed by atoms with Crippen molar-refractivity contribution in [2.75, 3.05) is 0 Å². The topological polar surface area (TPSA) is 86.6 Å². The zero-order valence-corrected chi connectivity index (χ0v) is 8.15. The first kappa shape index (κ1) is 11.0. The van der Waals surface area contributed by atoms with Gasteiger partial charge in [-0.1, -0.05) is 6.07 Å². The van der Waals surface area contributed by atoms with Gasteiger partial charge >= 0.3 is 5.97 Å². The molecule has 0 aliphatic carbocycles. The molecule has 5 heteroatoms. The van der Waals surface area contributed by atoms with Crippen molar-refractivity contribution in [3.05, 3.63) is 29.3 Å². The molecule has 0 heterocycles. The third-order valence-corrected chi connectivity index (χ3v) is 1.86. The van der Waals surface area contributed by atoms with Crippen LogP contribution in [-0.4, -0.2) is 22.1 Å². The summed E-state index contributed by atoms with van der Waals surface area (Å²) in [5, 5.41) is 20.6. The predicted octanol–water partition coefficient (Wildman–Crippen LogP) is 0.726. The van der Waals surface area contributed by atoms with Crippen molar-refractivity contribution in [3.63, 3.8) is 0 Å². The van der Waals surface area contributed by atoms with Gasteiger partial charge in [-0.2, -0.15) is 0 Å². The summed E-state index contributed by atoms with van der Waals surface area (Å²) in [5.74, 6) is -1.45. The molecule has 0 bridgehead atoms. The van der Waals surface area contributed by atoms with E-state index in [1.54, 1.807) is 0 Å². The molecule has 0 unspecified atom stereocenters. The lowest BCUT2D eigenvalue weighted by molar-refractivity contribution is -0.119. The molecule has 0 radical (unpaired) electrons. The molecule has 1 amide bonds. The van der Waals surface area contributed by atoms with E-state index in [1.807, 2.05) is 0 Å². The first-order valence-electron chi connectivity index (χ1n) is 4.30. The first-order valence-corrected chi connectivity index (χ1v) is 4.30. The number of carboxylic acids is 1. The number of nitrogens with one attached hydrogen (secondary N) is 1. The number of phenolic OH excluding ortho intramolecular Hbond substituents is 1. The van der Waals surface area contributed by atoms with E-state index in [0.717, 1.165) is 6.07 Å². The van der Waals surface area contributed by atoms with E-state index in [2.05, 4.69) is 5.32 Å². The Morgan fingerprint density at radius 2 is 2.07 bits per heavy atom. The molecule has 80 valence electrons. The largest absolute Gasteiger partial charge is 0.508 e. The SMILES string of the molecule is CC(=O)NCc1ccc(C(=O)O)cc1O. The molecule has 0 aromatic heterocycles. The smallest absolute Gasteiger partial charge is 0.335 e. The van der Waals surface area contributed by atoms with Crippen LogP contribution in [0.15, 0.2) is 18.2 Å². The Bertz CT molecular complexity index is 400. The summed E-state index contributed by atoms with van der Waals surface area (Å²) >= 11 is 0. The summed E-state index contributed by atoms with van der Waals surface area (Å²) < 4.78 is 0. The average molecular weight is 209 g/mol. The van der Waals surface area contributed by atoms with Crippen molar-refractivity contribution in [1.82, 2.24) is 5.32 Å². The van der Waals surface area contributed by atoms with Crippen molar-refractivity contribution in [1.29, 1.82) is 0 Å². The van der Waals surface area contributed by atoms with Crippen molar-refractivity contribution in [3.8, 4) is 5.75 Å². The summed E-state index contributed by atoms with van der Waals surface area (Å²) in [4.78, 5) is 21.2. The summed E-state index contributed by atoms with van der Waals surface area (Å²) in [6.45, 7) is 1.55. The second-order valence-electron chi connectivity index (χ2n) is 3.06. The fraction of sp³-hybridized carbons (Fsp3) is 0.200.